The molecule has 1 saturated heterocycles. The monoisotopic (exact) mass is 524 g/mol. The Bertz CT molecular complexity index is 554. The summed E-state index contributed by atoms with van der Waals surface area (Å²) < 4.78 is 10.9. The fourth-order valence-electron chi connectivity index (χ4n) is 3.13. The Labute approximate surface area is 191 Å². The molecule has 160 valence electrons. The van der Waals surface area contributed by atoms with Gasteiger partial charge in [0.05, 0.1) is 19.3 Å². The number of benzene rings is 1. The SMILES string of the molecule is CCOCCCCNC(=NC)NCC(c1ccc(Cl)cc1)N1CCOCC1.I. The van der Waals surface area contributed by atoms with Gasteiger partial charge in [-0.25, -0.2) is 0 Å². The van der Waals surface area contributed by atoms with Crippen molar-refractivity contribution in [2.75, 3.05) is 59.7 Å². The average Bonchev–Trinajstić information content (AvgIpc) is 2.71. The molecule has 1 unspecified atom stereocenters. The molecule has 2 N–H and O–H groups in total. The van der Waals surface area contributed by atoms with Crippen LogP contribution in [-0.4, -0.2) is 70.5 Å². The molecule has 28 heavy (non-hydrogen) atoms. The maximum absolute atomic E-state index is 6.07. The first-order chi connectivity index (χ1) is 13.2. The normalized spacial score (nSPS) is 16.3. The Kier molecular flexibility index (Phi) is 13.9. The summed E-state index contributed by atoms with van der Waals surface area (Å²) in [4.78, 5) is 6.80. The van der Waals surface area contributed by atoms with Crippen LogP contribution in [0.25, 0.3) is 0 Å². The molecule has 0 aliphatic carbocycles. The van der Waals surface area contributed by atoms with Crippen molar-refractivity contribution in [3.8, 4) is 0 Å². The number of morpholine rings is 1. The third kappa shape index (κ3) is 9.26. The Morgan fingerprint density at radius 1 is 1.21 bits per heavy atom. The molecule has 6 nitrogen and oxygen atoms in total. The van der Waals surface area contributed by atoms with Gasteiger partial charge in [-0.05, 0) is 37.5 Å². The van der Waals surface area contributed by atoms with Crippen LogP contribution in [0.2, 0.25) is 5.02 Å². The van der Waals surface area contributed by atoms with Crippen molar-refractivity contribution < 1.29 is 9.47 Å². The Balaban J connectivity index is 0.00000392. The van der Waals surface area contributed by atoms with Gasteiger partial charge in [-0.1, -0.05) is 23.7 Å². The third-order valence-corrected chi connectivity index (χ3v) is 4.89. The summed E-state index contributed by atoms with van der Waals surface area (Å²) in [6.07, 6.45) is 2.11. The second kappa shape index (κ2) is 15.3. The van der Waals surface area contributed by atoms with Crippen LogP contribution in [0.15, 0.2) is 29.3 Å². The Hall–Kier alpha value is -0.610. The molecule has 0 aromatic heterocycles. The summed E-state index contributed by atoms with van der Waals surface area (Å²) in [5.74, 6) is 0.832. The fourth-order valence-corrected chi connectivity index (χ4v) is 3.25. The third-order valence-electron chi connectivity index (χ3n) is 4.64. The number of aliphatic imine (C=N–C) groups is 1. The maximum Gasteiger partial charge on any atom is 0.191 e. The molecule has 2 rings (SSSR count). The zero-order chi connectivity index (χ0) is 19.3. The number of hydrogen-bond donors (Lipinski definition) is 2. The van der Waals surface area contributed by atoms with Crippen molar-refractivity contribution in [2.24, 2.45) is 4.99 Å². The van der Waals surface area contributed by atoms with Gasteiger partial charge in [-0.3, -0.25) is 9.89 Å². The second-order valence-corrected chi connectivity index (χ2v) is 6.94. The number of nitrogens with zero attached hydrogens (tertiary/aromatic N) is 2. The lowest BCUT2D eigenvalue weighted by Gasteiger charge is -2.35. The second-order valence-electron chi connectivity index (χ2n) is 6.50. The van der Waals surface area contributed by atoms with Crippen molar-refractivity contribution in [1.29, 1.82) is 0 Å². The van der Waals surface area contributed by atoms with Gasteiger partial charge in [0.2, 0.25) is 0 Å². The molecule has 1 aromatic rings. The topological polar surface area (TPSA) is 58.1 Å². The van der Waals surface area contributed by atoms with Gasteiger partial charge in [0, 0.05) is 51.5 Å². The van der Waals surface area contributed by atoms with Gasteiger partial charge < -0.3 is 20.1 Å². The molecule has 0 saturated carbocycles. The molecular weight excluding hydrogens is 491 g/mol. The van der Waals surface area contributed by atoms with Crippen LogP contribution < -0.4 is 10.6 Å². The number of guanidine groups is 1. The first-order valence-electron chi connectivity index (χ1n) is 9.84. The number of halogens is 2. The fraction of sp³-hybridized carbons (Fsp3) is 0.650. The number of nitrogens with one attached hydrogen (secondary N) is 2. The molecular formula is C20H34ClIN4O2. The molecule has 0 bridgehead atoms. The highest BCUT2D eigenvalue weighted by molar-refractivity contribution is 14.0. The minimum Gasteiger partial charge on any atom is -0.382 e. The van der Waals surface area contributed by atoms with E-state index >= 15 is 0 Å². The zero-order valence-electron chi connectivity index (χ0n) is 17.0. The van der Waals surface area contributed by atoms with E-state index in [2.05, 4.69) is 32.7 Å². The van der Waals surface area contributed by atoms with Crippen LogP contribution in [0.4, 0.5) is 0 Å². The Morgan fingerprint density at radius 3 is 2.57 bits per heavy atom. The minimum atomic E-state index is 0. The van der Waals surface area contributed by atoms with Crippen LogP contribution in [0.1, 0.15) is 31.4 Å². The van der Waals surface area contributed by atoms with E-state index in [1.165, 1.54) is 5.56 Å². The van der Waals surface area contributed by atoms with Crippen molar-refractivity contribution in [1.82, 2.24) is 15.5 Å². The zero-order valence-corrected chi connectivity index (χ0v) is 20.0. The predicted octanol–water partition coefficient (Wildman–Crippen LogP) is 3.31. The van der Waals surface area contributed by atoms with Crippen LogP contribution >= 0.6 is 35.6 Å². The molecule has 8 heteroatoms. The van der Waals surface area contributed by atoms with E-state index < -0.39 is 0 Å². The summed E-state index contributed by atoms with van der Waals surface area (Å²) in [6, 6.07) is 8.37. The molecule has 1 atom stereocenters. The predicted molar refractivity (Wildman–Crippen MR) is 127 cm³/mol. The van der Waals surface area contributed by atoms with Gasteiger partial charge in [0.25, 0.3) is 0 Å². The molecule has 1 aliphatic heterocycles. The van der Waals surface area contributed by atoms with Gasteiger partial charge >= 0.3 is 0 Å². The quantitative estimate of drug-likeness (QED) is 0.213. The standard InChI is InChI=1S/C20H33ClN4O2.HI/c1-3-26-13-5-4-10-23-20(22-2)24-16-19(25-11-14-27-15-12-25)17-6-8-18(21)9-7-17;/h6-9,19H,3-5,10-16H2,1-2H3,(H2,22,23,24);1H. The molecule has 1 heterocycles. The summed E-state index contributed by atoms with van der Waals surface area (Å²) >= 11 is 6.07. The van der Waals surface area contributed by atoms with E-state index in [9.17, 15) is 0 Å². The molecule has 1 aromatic carbocycles. The van der Waals surface area contributed by atoms with Gasteiger partial charge in [0.15, 0.2) is 5.96 Å². The maximum atomic E-state index is 6.07. The van der Waals surface area contributed by atoms with Crippen LogP contribution in [-0.2, 0) is 9.47 Å². The van der Waals surface area contributed by atoms with Gasteiger partial charge in [-0.2, -0.15) is 0 Å². The average molecular weight is 525 g/mol. The van der Waals surface area contributed by atoms with E-state index in [0.29, 0.717) is 0 Å². The highest BCUT2D eigenvalue weighted by Crippen LogP contribution is 2.23. The highest BCUT2D eigenvalue weighted by Gasteiger charge is 2.22. The number of ether oxygens (including phenoxy) is 2. The summed E-state index contributed by atoms with van der Waals surface area (Å²) in [7, 11) is 1.81. The lowest BCUT2D eigenvalue weighted by Crippen LogP contribution is -2.46. The first kappa shape index (κ1) is 25.4. The van der Waals surface area contributed by atoms with Crippen LogP contribution in [0, 0.1) is 0 Å². The Morgan fingerprint density at radius 2 is 1.93 bits per heavy atom. The highest BCUT2D eigenvalue weighted by atomic mass is 127. The van der Waals surface area contributed by atoms with E-state index in [-0.39, 0.29) is 30.0 Å². The van der Waals surface area contributed by atoms with Crippen molar-refractivity contribution in [3.63, 3.8) is 0 Å². The van der Waals surface area contributed by atoms with Gasteiger partial charge in [-0.15, -0.1) is 24.0 Å². The number of unbranched alkanes of at least 4 members (excludes halogenated alkanes) is 1. The molecule has 0 spiro atoms. The van der Waals surface area contributed by atoms with E-state index in [1.54, 1.807) is 0 Å². The lowest BCUT2D eigenvalue weighted by atomic mass is 10.0. The van der Waals surface area contributed by atoms with E-state index in [4.69, 9.17) is 21.1 Å². The summed E-state index contributed by atoms with van der Waals surface area (Å²) in [6.45, 7) is 8.70. The lowest BCUT2D eigenvalue weighted by molar-refractivity contribution is 0.0170. The largest absolute Gasteiger partial charge is 0.382 e. The summed E-state index contributed by atoms with van der Waals surface area (Å²) in [5, 5.41) is 7.62. The molecule has 0 amide bonds. The number of rotatable bonds is 10. The van der Waals surface area contributed by atoms with Crippen molar-refractivity contribution in [3.05, 3.63) is 34.9 Å². The first-order valence-corrected chi connectivity index (χ1v) is 10.2. The van der Waals surface area contributed by atoms with E-state index in [0.717, 1.165) is 76.4 Å². The number of hydrogen-bond acceptors (Lipinski definition) is 4. The van der Waals surface area contributed by atoms with Crippen molar-refractivity contribution >= 4 is 41.5 Å². The summed E-state index contributed by atoms with van der Waals surface area (Å²) in [5.41, 5.74) is 1.25. The molecule has 0 radical (unpaired) electrons. The van der Waals surface area contributed by atoms with Crippen LogP contribution in [0.5, 0.6) is 0 Å². The van der Waals surface area contributed by atoms with Crippen molar-refractivity contribution in [2.45, 2.75) is 25.8 Å². The minimum absolute atomic E-state index is 0. The smallest absolute Gasteiger partial charge is 0.191 e. The molecule has 1 fully saturated rings. The van der Waals surface area contributed by atoms with Gasteiger partial charge in [0.1, 0.15) is 0 Å². The van der Waals surface area contributed by atoms with E-state index in [1.807, 2.05) is 26.1 Å². The molecule has 1 aliphatic rings. The van der Waals surface area contributed by atoms with Crippen LogP contribution in [0.3, 0.4) is 0 Å².